The Morgan fingerprint density at radius 1 is 1.11 bits per heavy atom. The second-order valence-electron chi connectivity index (χ2n) is 4.42. The van der Waals surface area contributed by atoms with Gasteiger partial charge in [-0.15, -0.1) is 0 Å². The van der Waals surface area contributed by atoms with E-state index in [-0.39, 0.29) is 4.83 Å². The third-order valence-electron chi connectivity index (χ3n) is 3.05. The van der Waals surface area contributed by atoms with Crippen LogP contribution in [0.2, 0.25) is 0 Å². The SMILES string of the molecule is Cc1cccnc1CC(Br)c1cccc(C)c1Br. The molecular formula is C15H15Br2N. The summed E-state index contributed by atoms with van der Waals surface area (Å²) in [6.45, 7) is 4.21. The van der Waals surface area contributed by atoms with E-state index in [4.69, 9.17) is 0 Å². The fourth-order valence-corrected chi connectivity index (χ4v) is 3.46. The molecule has 1 aromatic heterocycles. The zero-order chi connectivity index (χ0) is 13.1. The van der Waals surface area contributed by atoms with Crippen molar-refractivity contribution in [3.05, 3.63) is 63.4 Å². The van der Waals surface area contributed by atoms with Gasteiger partial charge in [-0.25, -0.2) is 0 Å². The maximum absolute atomic E-state index is 4.45. The van der Waals surface area contributed by atoms with Crippen LogP contribution in [-0.4, -0.2) is 4.98 Å². The van der Waals surface area contributed by atoms with Gasteiger partial charge >= 0.3 is 0 Å². The van der Waals surface area contributed by atoms with Crippen molar-refractivity contribution >= 4 is 31.9 Å². The Hall–Kier alpha value is -0.670. The van der Waals surface area contributed by atoms with Crippen molar-refractivity contribution in [2.75, 3.05) is 0 Å². The first kappa shape index (κ1) is 13.8. The average molecular weight is 369 g/mol. The van der Waals surface area contributed by atoms with Gasteiger partial charge < -0.3 is 0 Å². The highest BCUT2D eigenvalue weighted by atomic mass is 79.9. The maximum Gasteiger partial charge on any atom is 0.0462 e. The molecule has 2 aromatic rings. The van der Waals surface area contributed by atoms with Crippen LogP contribution in [0.3, 0.4) is 0 Å². The summed E-state index contributed by atoms with van der Waals surface area (Å²) in [7, 11) is 0. The zero-order valence-corrected chi connectivity index (χ0v) is 13.6. The Balaban J connectivity index is 2.25. The summed E-state index contributed by atoms with van der Waals surface area (Å²) in [5, 5.41) is 0. The molecule has 18 heavy (non-hydrogen) atoms. The molecule has 0 radical (unpaired) electrons. The van der Waals surface area contributed by atoms with Gasteiger partial charge in [0.1, 0.15) is 0 Å². The van der Waals surface area contributed by atoms with Crippen LogP contribution >= 0.6 is 31.9 Å². The van der Waals surface area contributed by atoms with Crippen LogP contribution in [0.25, 0.3) is 0 Å². The zero-order valence-electron chi connectivity index (χ0n) is 10.5. The van der Waals surface area contributed by atoms with Gasteiger partial charge in [0.15, 0.2) is 0 Å². The van der Waals surface area contributed by atoms with E-state index >= 15 is 0 Å². The van der Waals surface area contributed by atoms with Crippen molar-refractivity contribution in [2.45, 2.75) is 25.1 Å². The molecule has 1 aromatic carbocycles. The van der Waals surface area contributed by atoms with E-state index in [0.717, 1.165) is 12.1 Å². The topological polar surface area (TPSA) is 12.9 Å². The lowest BCUT2D eigenvalue weighted by Crippen LogP contribution is -2.01. The minimum absolute atomic E-state index is 0.278. The number of hydrogen-bond acceptors (Lipinski definition) is 1. The molecule has 0 aliphatic heterocycles. The number of rotatable bonds is 3. The monoisotopic (exact) mass is 367 g/mol. The van der Waals surface area contributed by atoms with Crippen LogP contribution in [-0.2, 0) is 6.42 Å². The summed E-state index contributed by atoms with van der Waals surface area (Å²) < 4.78 is 1.18. The molecule has 1 nitrogen and oxygen atoms in total. The molecule has 94 valence electrons. The Morgan fingerprint density at radius 3 is 2.56 bits per heavy atom. The Morgan fingerprint density at radius 2 is 1.83 bits per heavy atom. The van der Waals surface area contributed by atoms with Crippen molar-refractivity contribution in [3.8, 4) is 0 Å². The van der Waals surface area contributed by atoms with Crippen LogP contribution in [0.5, 0.6) is 0 Å². The van der Waals surface area contributed by atoms with E-state index in [9.17, 15) is 0 Å². The maximum atomic E-state index is 4.45. The number of hydrogen-bond donors (Lipinski definition) is 0. The summed E-state index contributed by atoms with van der Waals surface area (Å²) in [4.78, 5) is 4.73. The third-order valence-corrected chi connectivity index (χ3v) is 4.95. The molecule has 0 fully saturated rings. The standard InChI is InChI=1S/C15H15Br2N/c1-10-6-4-8-18-14(10)9-13(16)12-7-3-5-11(2)15(12)17/h3-8,13H,9H2,1-2H3. The molecule has 1 unspecified atom stereocenters. The highest BCUT2D eigenvalue weighted by Gasteiger charge is 2.14. The van der Waals surface area contributed by atoms with Crippen molar-refractivity contribution in [1.82, 2.24) is 4.98 Å². The minimum atomic E-state index is 0.278. The van der Waals surface area contributed by atoms with E-state index in [1.54, 1.807) is 0 Å². The van der Waals surface area contributed by atoms with Gasteiger partial charge in [-0.2, -0.15) is 0 Å². The number of pyridine rings is 1. The molecule has 2 rings (SSSR count). The van der Waals surface area contributed by atoms with Gasteiger partial charge in [0.2, 0.25) is 0 Å². The summed E-state index contributed by atoms with van der Waals surface area (Å²) in [5.41, 5.74) is 4.92. The molecule has 0 spiro atoms. The van der Waals surface area contributed by atoms with Crippen LogP contribution < -0.4 is 0 Å². The number of benzene rings is 1. The van der Waals surface area contributed by atoms with Crippen molar-refractivity contribution in [1.29, 1.82) is 0 Å². The molecule has 0 amide bonds. The normalized spacial score (nSPS) is 12.4. The number of alkyl halides is 1. The van der Waals surface area contributed by atoms with E-state index in [2.05, 4.69) is 75.0 Å². The summed E-state index contributed by atoms with van der Waals surface area (Å²) in [6, 6.07) is 10.4. The quantitative estimate of drug-likeness (QED) is 0.683. The fourth-order valence-electron chi connectivity index (χ4n) is 1.92. The molecule has 1 heterocycles. The first-order valence-electron chi connectivity index (χ1n) is 5.89. The lowest BCUT2D eigenvalue weighted by Gasteiger charge is -2.14. The fraction of sp³-hybridized carbons (Fsp3) is 0.267. The molecule has 0 aliphatic carbocycles. The predicted molar refractivity (Wildman–Crippen MR) is 83.2 cm³/mol. The predicted octanol–water partition coefficient (Wildman–Crippen LogP) is 5.14. The third kappa shape index (κ3) is 3.01. The lowest BCUT2D eigenvalue weighted by atomic mass is 10.0. The van der Waals surface area contributed by atoms with Crippen LogP contribution in [0.15, 0.2) is 41.0 Å². The first-order chi connectivity index (χ1) is 8.59. The molecule has 0 saturated carbocycles. The molecule has 0 saturated heterocycles. The van der Waals surface area contributed by atoms with Gasteiger partial charge in [-0.3, -0.25) is 4.98 Å². The minimum Gasteiger partial charge on any atom is -0.261 e. The molecule has 0 N–H and O–H groups in total. The van der Waals surface area contributed by atoms with Crippen molar-refractivity contribution in [2.24, 2.45) is 0 Å². The summed E-state index contributed by atoms with van der Waals surface area (Å²) >= 11 is 7.43. The largest absolute Gasteiger partial charge is 0.261 e. The van der Waals surface area contributed by atoms with E-state index in [1.165, 1.54) is 21.2 Å². The molecular weight excluding hydrogens is 354 g/mol. The molecule has 1 atom stereocenters. The molecule has 3 heteroatoms. The second kappa shape index (κ2) is 5.98. The van der Waals surface area contributed by atoms with Crippen molar-refractivity contribution < 1.29 is 0 Å². The summed E-state index contributed by atoms with van der Waals surface area (Å²) in [6.07, 6.45) is 2.75. The average Bonchev–Trinajstić information content (AvgIpc) is 2.35. The van der Waals surface area contributed by atoms with Gasteiger partial charge in [-0.1, -0.05) is 56.1 Å². The number of aromatic nitrogens is 1. The number of nitrogens with zero attached hydrogens (tertiary/aromatic N) is 1. The number of halogens is 2. The van der Waals surface area contributed by atoms with Gasteiger partial charge in [0.05, 0.1) is 0 Å². The Kier molecular flexibility index (Phi) is 4.57. The van der Waals surface area contributed by atoms with Gasteiger partial charge in [0.25, 0.3) is 0 Å². The van der Waals surface area contributed by atoms with Crippen molar-refractivity contribution in [3.63, 3.8) is 0 Å². The van der Waals surface area contributed by atoms with Crippen LogP contribution in [0, 0.1) is 13.8 Å². The summed E-state index contributed by atoms with van der Waals surface area (Å²) in [5.74, 6) is 0. The molecule has 0 bridgehead atoms. The second-order valence-corrected chi connectivity index (χ2v) is 6.32. The number of aryl methyl sites for hydroxylation is 2. The highest BCUT2D eigenvalue weighted by molar-refractivity contribution is 9.11. The first-order valence-corrected chi connectivity index (χ1v) is 7.60. The van der Waals surface area contributed by atoms with E-state index in [0.29, 0.717) is 0 Å². The van der Waals surface area contributed by atoms with Gasteiger partial charge in [0, 0.05) is 27.6 Å². The van der Waals surface area contributed by atoms with E-state index in [1.807, 2.05) is 12.3 Å². The Bertz CT molecular complexity index is 552. The molecule has 0 aliphatic rings. The van der Waals surface area contributed by atoms with Crippen LogP contribution in [0.4, 0.5) is 0 Å². The Labute approximate surface area is 125 Å². The van der Waals surface area contributed by atoms with Gasteiger partial charge in [-0.05, 0) is 36.6 Å². The highest BCUT2D eigenvalue weighted by Crippen LogP contribution is 2.34. The van der Waals surface area contributed by atoms with E-state index < -0.39 is 0 Å². The smallest absolute Gasteiger partial charge is 0.0462 e. The van der Waals surface area contributed by atoms with Crippen LogP contribution in [0.1, 0.15) is 27.2 Å². The lowest BCUT2D eigenvalue weighted by molar-refractivity contribution is 0.887.